The Labute approximate surface area is 127 Å². The van der Waals surface area contributed by atoms with Crippen LogP contribution in [0.15, 0.2) is 18.2 Å². The van der Waals surface area contributed by atoms with E-state index in [1.807, 2.05) is 30.0 Å². The molecule has 1 fully saturated rings. The Morgan fingerprint density at radius 1 is 1.38 bits per heavy atom. The number of hydrogen-bond donors (Lipinski definition) is 1. The van der Waals surface area contributed by atoms with Gasteiger partial charge >= 0.3 is 0 Å². The second-order valence-corrected chi connectivity index (χ2v) is 5.72. The Balaban J connectivity index is 2.23. The summed E-state index contributed by atoms with van der Waals surface area (Å²) in [4.78, 5) is 14.9. The summed E-state index contributed by atoms with van der Waals surface area (Å²) >= 11 is 0. The number of nitrogens with zero attached hydrogens (tertiary/aromatic N) is 1. The molecule has 1 amide bonds. The number of rotatable bonds is 4. The summed E-state index contributed by atoms with van der Waals surface area (Å²) in [5, 5.41) is 3.52. The fourth-order valence-corrected chi connectivity index (χ4v) is 2.87. The predicted octanol–water partition coefficient (Wildman–Crippen LogP) is 2.61. The third-order valence-corrected chi connectivity index (χ3v) is 4.38. The van der Waals surface area contributed by atoms with Crippen LogP contribution in [0.1, 0.15) is 42.6 Å². The van der Waals surface area contributed by atoms with Gasteiger partial charge in [-0.3, -0.25) is 4.79 Å². The first-order valence-corrected chi connectivity index (χ1v) is 7.79. The molecule has 116 valence electrons. The average Bonchev–Trinajstić information content (AvgIpc) is 2.54. The summed E-state index contributed by atoms with van der Waals surface area (Å²) < 4.78 is 5.34. The first-order chi connectivity index (χ1) is 10.1. The van der Waals surface area contributed by atoms with Crippen LogP contribution in [-0.2, 0) is 0 Å². The molecule has 0 aromatic heterocycles. The molecule has 1 N–H and O–H groups in total. The zero-order valence-corrected chi connectivity index (χ0v) is 13.5. The van der Waals surface area contributed by atoms with Gasteiger partial charge in [0, 0.05) is 30.7 Å². The van der Waals surface area contributed by atoms with E-state index in [9.17, 15) is 4.79 Å². The molecular weight excluding hydrogens is 264 g/mol. The molecular formula is C17H26N2O2. The number of methoxy groups -OCH3 is 1. The lowest BCUT2D eigenvalue weighted by Gasteiger charge is -2.40. The standard InChI is InChI=1S/C17H26N2O2/c1-5-14-11-19(15(6-2)10-18-14)17(20)13-8-7-12(3)16(9-13)21-4/h7-9,14-15,18H,5-6,10-11H2,1-4H3. The average molecular weight is 290 g/mol. The number of nitrogens with one attached hydrogen (secondary N) is 1. The van der Waals surface area contributed by atoms with E-state index in [1.165, 1.54) is 0 Å². The van der Waals surface area contributed by atoms with Crippen LogP contribution in [0.25, 0.3) is 0 Å². The van der Waals surface area contributed by atoms with Crippen LogP contribution in [0.4, 0.5) is 0 Å². The number of carbonyl (C=O) groups excluding carboxylic acids is 1. The molecule has 0 radical (unpaired) electrons. The highest BCUT2D eigenvalue weighted by molar-refractivity contribution is 5.95. The molecule has 0 spiro atoms. The van der Waals surface area contributed by atoms with Gasteiger partial charge in [0.1, 0.15) is 5.75 Å². The molecule has 2 unspecified atom stereocenters. The Kier molecular flexibility index (Phi) is 5.23. The van der Waals surface area contributed by atoms with E-state index in [-0.39, 0.29) is 11.9 Å². The Morgan fingerprint density at radius 3 is 2.76 bits per heavy atom. The Bertz CT molecular complexity index is 502. The second kappa shape index (κ2) is 6.94. The summed E-state index contributed by atoms with van der Waals surface area (Å²) in [6.07, 6.45) is 2.01. The highest BCUT2D eigenvalue weighted by Crippen LogP contribution is 2.22. The second-order valence-electron chi connectivity index (χ2n) is 5.72. The molecule has 4 nitrogen and oxygen atoms in total. The van der Waals surface area contributed by atoms with E-state index in [0.29, 0.717) is 11.6 Å². The van der Waals surface area contributed by atoms with Crippen molar-refractivity contribution in [2.24, 2.45) is 0 Å². The van der Waals surface area contributed by atoms with E-state index < -0.39 is 0 Å². The molecule has 2 rings (SSSR count). The lowest BCUT2D eigenvalue weighted by Crippen LogP contribution is -2.57. The highest BCUT2D eigenvalue weighted by atomic mass is 16.5. The van der Waals surface area contributed by atoms with Gasteiger partial charge in [-0.25, -0.2) is 0 Å². The number of amides is 1. The van der Waals surface area contributed by atoms with Gasteiger partial charge in [0.15, 0.2) is 0 Å². The number of aryl methyl sites for hydroxylation is 1. The lowest BCUT2D eigenvalue weighted by atomic mass is 10.0. The normalized spacial score (nSPS) is 22.2. The minimum Gasteiger partial charge on any atom is -0.496 e. The Morgan fingerprint density at radius 2 is 2.14 bits per heavy atom. The van der Waals surface area contributed by atoms with Gasteiger partial charge in [-0.15, -0.1) is 0 Å². The van der Waals surface area contributed by atoms with Crippen LogP contribution in [0.5, 0.6) is 5.75 Å². The molecule has 1 aliphatic rings. The fraction of sp³-hybridized carbons (Fsp3) is 0.588. The van der Waals surface area contributed by atoms with Crippen molar-refractivity contribution in [3.05, 3.63) is 29.3 Å². The molecule has 1 aliphatic heterocycles. The van der Waals surface area contributed by atoms with Crippen molar-refractivity contribution in [3.63, 3.8) is 0 Å². The minimum atomic E-state index is 0.111. The van der Waals surface area contributed by atoms with Gasteiger partial charge in [0.05, 0.1) is 7.11 Å². The summed E-state index contributed by atoms with van der Waals surface area (Å²) in [5.41, 5.74) is 1.76. The van der Waals surface area contributed by atoms with Crippen LogP contribution in [-0.4, -0.2) is 43.1 Å². The van der Waals surface area contributed by atoms with Crippen molar-refractivity contribution in [3.8, 4) is 5.75 Å². The van der Waals surface area contributed by atoms with E-state index in [0.717, 1.165) is 37.2 Å². The molecule has 21 heavy (non-hydrogen) atoms. The molecule has 1 aromatic rings. The monoisotopic (exact) mass is 290 g/mol. The number of hydrogen-bond acceptors (Lipinski definition) is 3. The van der Waals surface area contributed by atoms with Crippen LogP contribution in [0, 0.1) is 6.92 Å². The van der Waals surface area contributed by atoms with Gasteiger partial charge in [0.2, 0.25) is 0 Å². The molecule has 1 heterocycles. The topological polar surface area (TPSA) is 41.6 Å². The zero-order valence-electron chi connectivity index (χ0n) is 13.5. The van der Waals surface area contributed by atoms with Crippen molar-refractivity contribution in [1.29, 1.82) is 0 Å². The van der Waals surface area contributed by atoms with Gasteiger partial charge < -0.3 is 15.0 Å². The molecule has 4 heteroatoms. The molecule has 1 aromatic carbocycles. The quantitative estimate of drug-likeness (QED) is 0.927. The van der Waals surface area contributed by atoms with Crippen LogP contribution < -0.4 is 10.1 Å². The Hall–Kier alpha value is -1.55. The molecule has 0 aliphatic carbocycles. The largest absolute Gasteiger partial charge is 0.496 e. The maximum atomic E-state index is 12.9. The smallest absolute Gasteiger partial charge is 0.254 e. The van der Waals surface area contributed by atoms with Gasteiger partial charge in [-0.1, -0.05) is 19.9 Å². The summed E-state index contributed by atoms with van der Waals surface area (Å²) in [7, 11) is 1.64. The van der Waals surface area contributed by atoms with Crippen molar-refractivity contribution in [1.82, 2.24) is 10.2 Å². The number of piperazine rings is 1. The third kappa shape index (κ3) is 3.38. The maximum absolute atomic E-state index is 12.9. The highest BCUT2D eigenvalue weighted by Gasteiger charge is 2.30. The van der Waals surface area contributed by atoms with E-state index in [2.05, 4.69) is 19.2 Å². The van der Waals surface area contributed by atoms with E-state index in [4.69, 9.17) is 4.74 Å². The molecule has 2 atom stereocenters. The lowest BCUT2D eigenvalue weighted by molar-refractivity contribution is 0.0575. The van der Waals surface area contributed by atoms with Crippen molar-refractivity contribution in [2.75, 3.05) is 20.2 Å². The van der Waals surface area contributed by atoms with Crippen LogP contribution in [0.3, 0.4) is 0 Å². The van der Waals surface area contributed by atoms with Crippen LogP contribution in [0.2, 0.25) is 0 Å². The van der Waals surface area contributed by atoms with Gasteiger partial charge in [-0.05, 0) is 37.5 Å². The van der Waals surface area contributed by atoms with Crippen molar-refractivity contribution in [2.45, 2.75) is 45.7 Å². The first kappa shape index (κ1) is 15.8. The summed E-state index contributed by atoms with van der Waals surface area (Å²) in [6.45, 7) is 7.93. The fourth-order valence-electron chi connectivity index (χ4n) is 2.87. The molecule has 0 bridgehead atoms. The molecule has 0 saturated carbocycles. The number of benzene rings is 1. The van der Waals surface area contributed by atoms with Crippen LogP contribution >= 0.6 is 0 Å². The van der Waals surface area contributed by atoms with E-state index in [1.54, 1.807) is 7.11 Å². The predicted molar refractivity (Wildman–Crippen MR) is 84.9 cm³/mol. The van der Waals surface area contributed by atoms with Crippen molar-refractivity contribution < 1.29 is 9.53 Å². The van der Waals surface area contributed by atoms with Crippen molar-refractivity contribution >= 4 is 5.91 Å². The van der Waals surface area contributed by atoms with E-state index >= 15 is 0 Å². The third-order valence-electron chi connectivity index (χ3n) is 4.38. The SMILES string of the molecule is CCC1CN(C(=O)c2ccc(C)c(OC)c2)C(CC)CN1. The van der Waals surface area contributed by atoms with Gasteiger partial charge in [-0.2, -0.15) is 0 Å². The van der Waals surface area contributed by atoms with Gasteiger partial charge in [0.25, 0.3) is 5.91 Å². The summed E-state index contributed by atoms with van der Waals surface area (Å²) in [5.74, 6) is 0.885. The maximum Gasteiger partial charge on any atom is 0.254 e. The number of carbonyl (C=O) groups is 1. The minimum absolute atomic E-state index is 0.111. The summed E-state index contributed by atoms with van der Waals surface area (Å²) in [6, 6.07) is 6.37. The first-order valence-electron chi connectivity index (χ1n) is 7.79. The zero-order chi connectivity index (χ0) is 15.4. The molecule has 1 saturated heterocycles. The number of ether oxygens (including phenoxy) is 1.